The van der Waals surface area contributed by atoms with Crippen LogP contribution in [0.2, 0.25) is 0 Å². The van der Waals surface area contributed by atoms with Gasteiger partial charge in [0.25, 0.3) is 0 Å². The molecule has 0 bridgehead atoms. The highest BCUT2D eigenvalue weighted by atomic mass is 16.5. The molecule has 0 aromatic carbocycles. The molecule has 0 N–H and O–H groups in total. The standard InChI is InChI=1S/C7H12O.C2H6/c1-6-3-4-8-7(2)5-6;1-2/h3,7H,4-5H2,1-2H3;1-2H3/t7-;/m0./s1. The van der Waals surface area contributed by atoms with Crippen molar-refractivity contribution >= 4 is 0 Å². The molecule has 0 amide bonds. The summed E-state index contributed by atoms with van der Waals surface area (Å²) in [4.78, 5) is 0. The van der Waals surface area contributed by atoms with Crippen molar-refractivity contribution in [2.24, 2.45) is 0 Å². The van der Waals surface area contributed by atoms with Gasteiger partial charge in [0.15, 0.2) is 0 Å². The molecule has 1 nitrogen and oxygen atoms in total. The fourth-order valence-electron chi connectivity index (χ4n) is 0.950. The van der Waals surface area contributed by atoms with E-state index in [0.29, 0.717) is 6.10 Å². The molecule has 0 saturated heterocycles. The summed E-state index contributed by atoms with van der Waals surface area (Å²) in [6.45, 7) is 9.07. The van der Waals surface area contributed by atoms with Crippen molar-refractivity contribution in [1.29, 1.82) is 0 Å². The molecular weight excluding hydrogens is 124 g/mol. The summed E-state index contributed by atoms with van der Waals surface area (Å²) in [6.07, 6.45) is 3.69. The Hall–Kier alpha value is -0.300. The third kappa shape index (κ3) is 3.67. The Labute approximate surface area is 64.1 Å². The van der Waals surface area contributed by atoms with E-state index < -0.39 is 0 Å². The topological polar surface area (TPSA) is 9.23 Å². The lowest BCUT2D eigenvalue weighted by Gasteiger charge is -2.16. The van der Waals surface area contributed by atoms with E-state index in [4.69, 9.17) is 4.74 Å². The van der Waals surface area contributed by atoms with Gasteiger partial charge in [-0.25, -0.2) is 0 Å². The molecule has 1 heterocycles. The van der Waals surface area contributed by atoms with E-state index in [-0.39, 0.29) is 0 Å². The first-order valence-corrected chi connectivity index (χ1v) is 4.06. The average molecular weight is 142 g/mol. The van der Waals surface area contributed by atoms with Crippen molar-refractivity contribution in [2.75, 3.05) is 6.61 Å². The minimum absolute atomic E-state index is 0.444. The summed E-state index contributed by atoms with van der Waals surface area (Å²) < 4.78 is 5.27. The number of hydrogen-bond acceptors (Lipinski definition) is 1. The average Bonchev–Trinajstić information content (AvgIpc) is 1.91. The summed E-state index contributed by atoms with van der Waals surface area (Å²) in [5, 5.41) is 0. The number of rotatable bonds is 0. The minimum Gasteiger partial charge on any atom is -0.374 e. The highest BCUT2D eigenvalue weighted by Gasteiger charge is 2.05. The van der Waals surface area contributed by atoms with Crippen molar-refractivity contribution in [3.05, 3.63) is 11.6 Å². The quantitative estimate of drug-likeness (QED) is 0.472. The third-order valence-corrected chi connectivity index (χ3v) is 1.42. The first kappa shape index (κ1) is 9.70. The van der Waals surface area contributed by atoms with Crippen LogP contribution >= 0.6 is 0 Å². The molecule has 0 aromatic rings. The Morgan fingerprint density at radius 3 is 2.40 bits per heavy atom. The zero-order valence-electron chi connectivity index (χ0n) is 7.48. The van der Waals surface area contributed by atoms with Gasteiger partial charge in [0, 0.05) is 0 Å². The lowest BCUT2D eigenvalue weighted by molar-refractivity contribution is 0.0784. The first-order valence-electron chi connectivity index (χ1n) is 4.06. The van der Waals surface area contributed by atoms with Crippen LogP contribution in [0.1, 0.15) is 34.1 Å². The minimum atomic E-state index is 0.444. The third-order valence-electron chi connectivity index (χ3n) is 1.42. The Balaban J connectivity index is 0.000000371. The first-order chi connectivity index (χ1) is 4.79. The second-order valence-electron chi connectivity index (χ2n) is 2.40. The zero-order chi connectivity index (χ0) is 7.98. The van der Waals surface area contributed by atoms with Gasteiger partial charge < -0.3 is 4.74 Å². The van der Waals surface area contributed by atoms with E-state index in [1.165, 1.54) is 5.57 Å². The van der Waals surface area contributed by atoms with Crippen LogP contribution in [0.25, 0.3) is 0 Å². The molecular formula is C9H18O. The summed E-state index contributed by atoms with van der Waals surface area (Å²) in [5.41, 5.74) is 1.46. The van der Waals surface area contributed by atoms with Gasteiger partial charge in [-0.15, -0.1) is 0 Å². The van der Waals surface area contributed by atoms with Crippen LogP contribution in [0, 0.1) is 0 Å². The van der Waals surface area contributed by atoms with Gasteiger partial charge in [0.2, 0.25) is 0 Å². The molecule has 1 heteroatoms. The van der Waals surface area contributed by atoms with Crippen molar-refractivity contribution in [2.45, 2.75) is 40.2 Å². The van der Waals surface area contributed by atoms with Crippen molar-refractivity contribution in [3.63, 3.8) is 0 Å². The molecule has 0 saturated carbocycles. The number of ether oxygens (including phenoxy) is 1. The van der Waals surface area contributed by atoms with Gasteiger partial charge >= 0.3 is 0 Å². The van der Waals surface area contributed by atoms with Gasteiger partial charge in [-0.2, -0.15) is 0 Å². The number of hydrogen-bond donors (Lipinski definition) is 0. The molecule has 0 spiro atoms. The van der Waals surface area contributed by atoms with Gasteiger partial charge in [-0.05, 0) is 20.3 Å². The van der Waals surface area contributed by atoms with E-state index in [0.717, 1.165) is 13.0 Å². The molecule has 0 fully saturated rings. The summed E-state index contributed by atoms with van der Waals surface area (Å²) in [6, 6.07) is 0. The zero-order valence-corrected chi connectivity index (χ0v) is 7.48. The largest absolute Gasteiger partial charge is 0.374 e. The predicted molar refractivity (Wildman–Crippen MR) is 45.1 cm³/mol. The molecule has 0 aliphatic carbocycles. The second-order valence-corrected chi connectivity index (χ2v) is 2.40. The lowest BCUT2D eigenvalue weighted by atomic mass is 10.1. The van der Waals surface area contributed by atoms with Crippen LogP contribution in [0.5, 0.6) is 0 Å². The Bertz CT molecular complexity index is 105. The predicted octanol–water partition coefficient (Wildman–Crippen LogP) is 2.77. The van der Waals surface area contributed by atoms with Crippen LogP contribution < -0.4 is 0 Å². The second kappa shape index (κ2) is 5.48. The smallest absolute Gasteiger partial charge is 0.0653 e. The maximum Gasteiger partial charge on any atom is 0.0653 e. The van der Waals surface area contributed by atoms with Crippen LogP contribution in [0.15, 0.2) is 11.6 Å². The monoisotopic (exact) mass is 142 g/mol. The van der Waals surface area contributed by atoms with Gasteiger partial charge in [0.1, 0.15) is 0 Å². The normalized spacial score (nSPS) is 24.4. The van der Waals surface area contributed by atoms with Crippen LogP contribution in [0.4, 0.5) is 0 Å². The van der Waals surface area contributed by atoms with E-state index >= 15 is 0 Å². The SMILES string of the molecule is CC.CC1=CCO[C@@H](C)C1. The highest BCUT2D eigenvalue weighted by Crippen LogP contribution is 2.11. The highest BCUT2D eigenvalue weighted by molar-refractivity contribution is 5.02. The molecule has 1 rings (SSSR count). The molecule has 10 heavy (non-hydrogen) atoms. The molecule has 1 atom stereocenters. The molecule has 60 valence electrons. The maximum atomic E-state index is 5.27. The van der Waals surface area contributed by atoms with Crippen LogP contribution in [0.3, 0.4) is 0 Å². The molecule has 1 aliphatic heterocycles. The van der Waals surface area contributed by atoms with E-state index in [9.17, 15) is 0 Å². The maximum absolute atomic E-state index is 5.27. The molecule has 0 unspecified atom stereocenters. The Morgan fingerprint density at radius 2 is 2.10 bits per heavy atom. The molecule has 1 aliphatic rings. The van der Waals surface area contributed by atoms with Crippen LogP contribution in [-0.2, 0) is 4.74 Å². The summed E-state index contributed by atoms with van der Waals surface area (Å²) in [5.74, 6) is 0. The fraction of sp³-hybridized carbons (Fsp3) is 0.778. The van der Waals surface area contributed by atoms with Crippen molar-refractivity contribution in [1.82, 2.24) is 0 Å². The fourth-order valence-corrected chi connectivity index (χ4v) is 0.950. The lowest BCUT2D eigenvalue weighted by Crippen LogP contribution is -2.13. The van der Waals surface area contributed by atoms with Crippen LogP contribution in [-0.4, -0.2) is 12.7 Å². The van der Waals surface area contributed by atoms with E-state index in [2.05, 4.69) is 19.9 Å². The summed E-state index contributed by atoms with van der Waals surface area (Å²) >= 11 is 0. The summed E-state index contributed by atoms with van der Waals surface area (Å²) in [7, 11) is 0. The molecule has 0 radical (unpaired) electrons. The van der Waals surface area contributed by atoms with E-state index in [1.807, 2.05) is 13.8 Å². The Kier molecular flexibility index (Phi) is 5.32. The van der Waals surface area contributed by atoms with Gasteiger partial charge in [0.05, 0.1) is 12.7 Å². The van der Waals surface area contributed by atoms with Gasteiger partial charge in [-0.1, -0.05) is 25.5 Å². The van der Waals surface area contributed by atoms with Gasteiger partial charge in [-0.3, -0.25) is 0 Å². The molecule has 0 aromatic heterocycles. The Morgan fingerprint density at radius 1 is 1.50 bits per heavy atom. The van der Waals surface area contributed by atoms with Crippen molar-refractivity contribution in [3.8, 4) is 0 Å². The van der Waals surface area contributed by atoms with Crippen molar-refractivity contribution < 1.29 is 4.74 Å². The van der Waals surface area contributed by atoms with E-state index in [1.54, 1.807) is 0 Å².